The molecule has 0 radical (unpaired) electrons. The van der Waals surface area contributed by atoms with E-state index in [1.807, 2.05) is 36.0 Å². The van der Waals surface area contributed by atoms with Crippen LogP contribution in [0, 0.1) is 0 Å². The molecule has 2 aromatic heterocycles. The van der Waals surface area contributed by atoms with Crippen LogP contribution >= 0.6 is 0 Å². The zero-order valence-electron chi connectivity index (χ0n) is 23.5. The predicted molar refractivity (Wildman–Crippen MR) is 159 cm³/mol. The van der Waals surface area contributed by atoms with Crippen LogP contribution in [-0.4, -0.2) is 50.5 Å². The van der Waals surface area contributed by atoms with Crippen molar-refractivity contribution < 1.29 is 14.6 Å². The number of aromatic nitrogens is 3. The molecule has 0 aliphatic carbocycles. The molecule has 5 aromatic rings. The Morgan fingerprint density at radius 3 is 2.60 bits per heavy atom. The maximum Gasteiger partial charge on any atom is 0.352 e. The molecule has 7 heteroatoms. The second-order valence-corrected chi connectivity index (χ2v) is 10.8. The lowest BCUT2D eigenvalue weighted by Crippen LogP contribution is -2.22. The highest BCUT2D eigenvalue weighted by molar-refractivity contribution is 6.04. The third-order valence-electron chi connectivity index (χ3n) is 8.15. The second-order valence-electron chi connectivity index (χ2n) is 10.8. The Bertz CT molecular complexity index is 1710. The highest BCUT2D eigenvalue weighted by Gasteiger charge is 2.28. The summed E-state index contributed by atoms with van der Waals surface area (Å²) >= 11 is 0. The zero-order valence-corrected chi connectivity index (χ0v) is 23.5. The molecule has 0 unspecified atom stereocenters. The fraction of sp³-hybridized carbons (Fsp3) is 0.333. The van der Waals surface area contributed by atoms with Crippen molar-refractivity contribution in [2.24, 2.45) is 7.05 Å². The zero-order chi connectivity index (χ0) is 27.8. The van der Waals surface area contributed by atoms with Gasteiger partial charge in [-0.05, 0) is 56.3 Å². The first-order valence-corrected chi connectivity index (χ1v) is 14.2. The molecule has 0 bridgehead atoms. The molecule has 40 heavy (non-hydrogen) atoms. The highest BCUT2D eigenvalue weighted by Crippen LogP contribution is 2.39. The molecule has 0 spiro atoms. The van der Waals surface area contributed by atoms with Crippen LogP contribution in [0.5, 0.6) is 5.75 Å². The van der Waals surface area contributed by atoms with Crippen molar-refractivity contribution in [3.8, 4) is 16.9 Å². The van der Waals surface area contributed by atoms with Gasteiger partial charge in [-0.2, -0.15) is 5.10 Å². The third-order valence-corrected chi connectivity index (χ3v) is 8.15. The van der Waals surface area contributed by atoms with Crippen molar-refractivity contribution in [3.05, 3.63) is 83.3 Å². The van der Waals surface area contributed by atoms with Crippen LogP contribution in [0.15, 0.2) is 60.7 Å². The van der Waals surface area contributed by atoms with Crippen LogP contribution in [-0.2, 0) is 33.0 Å². The topological polar surface area (TPSA) is 72.5 Å². The molecule has 1 aliphatic rings. The van der Waals surface area contributed by atoms with Gasteiger partial charge in [0.2, 0.25) is 0 Å². The van der Waals surface area contributed by atoms with Crippen LogP contribution in [0.2, 0.25) is 0 Å². The summed E-state index contributed by atoms with van der Waals surface area (Å²) in [7, 11) is 4.12. The van der Waals surface area contributed by atoms with Gasteiger partial charge in [-0.3, -0.25) is 4.68 Å². The lowest BCUT2D eigenvalue weighted by Gasteiger charge is -2.20. The first-order valence-electron chi connectivity index (χ1n) is 14.2. The van der Waals surface area contributed by atoms with Crippen molar-refractivity contribution in [2.75, 3.05) is 20.2 Å². The SMILES string of the molecule is CCc1c2c(nn1C)CN(C)CCCn1c(C(=O)O)c(CCCOc3cccc4ccccc34)c3cccc-2c31. The van der Waals surface area contributed by atoms with E-state index < -0.39 is 5.97 Å². The van der Waals surface area contributed by atoms with Crippen LogP contribution in [0.4, 0.5) is 0 Å². The summed E-state index contributed by atoms with van der Waals surface area (Å²) in [5.74, 6) is -0.0142. The summed E-state index contributed by atoms with van der Waals surface area (Å²) in [6.07, 6.45) is 3.05. The number of carbonyl (C=O) groups is 1. The van der Waals surface area contributed by atoms with Gasteiger partial charge in [0.15, 0.2) is 0 Å². The maximum atomic E-state index is 12.8. The van der Waals surface area contributed by atoms with Gasteiger partial charge in [0.05, 0.1) is 17.8 Å². The number of aromatic carboxylic acids is 1. The van der Waals surface area contributed by atoms with Gasteiger partial charge < -0.3 is 19.3 Å². The normalized spacial score (nSPS) is 14.0. The van der Waals surface area contributed by atoms with E-state index in [-0.39, 0.29) is 0 Å². The Balaban J connectivity index is 1.41. The summed E-state index contributed by atoms with van der Waals surface area (Å²) in [6, 6.07) is 20.6. The number of benzene rings is 3. The number of aryl methyl sites for hydroxylation is 3. The van der Waals surface area contributed by atoms with Crippen LogP contribution in [0.3, 0.4) is 0 Å². The second kappa shape index (κ2) is 10.8. The molecule has 0 amide bonds. The van der Waals surface area contributed by atoms with E-state index in [0.717, 1.165) is 75.7 Å². The van der Waals surface area contributed by atoms with Gasteiger partial charge in [0, 0.05) is 47.7 Å². The molecule has 0 fully saturated rings. The van der Waals surface area contributed by atoms with Crippen molar-refractivity contribution in [1.82, 2.24) is 19.2 Å². The first kappa shape index (κ1) is 26.1. The number of fused-ring (bicyclic) bond motifs is 3. The molecular weight excluding hydrogens is 500 g/mol. The largest absolute Gasteiger partial charge is 0.493 e. The highest BCUT2D eigenvalue weighted by atomic mass is 16.5. The number of rotatable bonds is 7. The lowest BCUT2D eigenvalue weighted by molar-refractivity contribution is 0.0684. The monoisotopic (exact) mass is 536 g/mol. The predicted octanol–water partition coefficient (Wildman–Crippen LogP) is 6.30. The summed E-state index contributed by atoms with van der Waals surface area (Å²) < 4.78 is 10.3. The van der Waals surface area contributed by atoms with E-state index in [1.54, 1.807) is 0 Å². The van der Waals surface area contributed by atoms with Crippen LogP contribution in [0.1, 0.15) is 47.2 Å². The molecule has 0 saturated carbocycles. The molecule has 1 N–H and O–H groups in total. The number of nitrogens with zero attached hydrogens (tertiary/aromatic N) is 4. The van der Waals surface area contributed by atoms with Crippen molar-refractivity contribution in [3.63, 3.8) is 0 Å². The first-order chi connectivity index (χ1) is 19.5. The smallest absolute Gasteiger partial charge is 0.352 e. The van der Waals surface area contributed by atoms with Crippen LogP contribution < -0.4 is 4.74 Å². The molecule has 0 saturated heterocycles. The summed E-state index contributed by atoms with van der Waals surface area (Å²) in [4.78, 5) is 15.1. The molecule has 0 atom stereocenters. The minimum absolute atomic E-state index is 0.402. The fourth-order valence-corrected chi connectivity index (χ4v) is 6.44. The van der Waals surface area contributed by atoms with E-state index in [9.17, 15) is 9.90 Å². The number of hydrogen-bond donors (Lipinski definition) is 1. The molecule has 3 heterocycles. The fourth-order valence-electron chi connectivity index (χ4n) is 6.44. The van der Waals surface area contributed by atoms with Gasteiger partial charge in [-0.1, -0.05) is 61.5 Å². The van der Waals surface area contributed by atoms with Gasteiger partial charge in [0.25, 0.3) is 0 Å². The van der Waals surface area contributed by atoms with E-state index in [4.69, 9.17) is 9.84 Å². The van der Waals surface area contributed by atoms with Crippen molar-refractivity contribution in [1.29, 1.82) is 0 Å². The lowest BCUT2D eigenvalue weighted by atomic mass is 9.97. The Morgan fingerprint density at radius 2 is 1.77 bits per heavy atom. The van der Waals surface area contributed by atoms with Crippen molar-refractivity contribution in [2.45, 2.75) is 45.7 Å². The number of para-hydroxylation sites is 1. The average Bonchev–Trinajstić information content (AvgIpc) is 3.44. The Kier molecular flexibility index (Phi) is 7.07. The van der Waals surface area contributed by atoms with Gasteiger partial charge in [-0.15, -0.1) is 0 Å². The quantitative estimate of drug-likeness (QED) is 0.247. The summed E-state index contributed by atoms with van der Waals surface area (Å²) in [5, 5.41) is 18.7. The molecule has 3 aromatic carbocycles. The van der Waals surface area contributed by atoms with Gasteiger partial charge >= 0.3 is 5.97 Å². The molecule has 6 rings (SSSR count). The Hall–Kier alpha value is -4.10. The molecular formula is C33H36N4O3. The van der Waals surface area contributed by atoms with Crippen LogP contribution in [0.25, 0.3) is 32.8 Å². The van der Waals surface area contributed by atoms with Gasteiger partial charge in [0.1, 0.15) is 11.4 Å². The number of hydrogen-bond acceptors (Lipinski definition) is 4. The molecule has 7 nitrogen and oxygen atoms in total. The maximum absolute atomic E-state index is 12.8. The standard InChI is InChI=1S/C33H36N4O3/c1-4-28-30-26-15-8-14-24-25(16-9-20-40-29-17-7-12-22-11-5-6-13-23(22)29)32(33(38)39)37(31(24)26)19-10-18-35(2)21-27(30)34-36(28)3/h5-8,11-15,17H,4,9-10,16,18-21H2,1-3H3,(H,38,39). The minimum atomic E-state index is -0.875. The molecule has 206 valence electrons. The summed E-state index contributed by atoms with van der Waals surface area (Å²) in [6.45, 7) is 4.96. The third kappa shape index (κ3) is 4.54. The Morgan fingerprint density at radius 1 is 1.00 bits per heavy atom. The van der Waals surface area contributed by atoms with E-state index in [0.29, 0.717) is 31.7 Å². The van der Waals surface area contributed by atoms with E-state index in [2.05, 4.69) is 59.8 Å². The van der Waals surface area contributed by atoms with E-state index in [1.165, 1.54) is 5.69 Å². The average molecular weight is 537 g/mol. The van der Waals surface area contributed by atoms with E-state index >= 15 is 0 Å². The number of carboxylic acid groups (broad SMARTS) is 1. The minimum Gasteiger partial charge on any atom is -0.493 e. The number of carboxylic acids is 1. The van der Waals surface area contributed by atoms with Crippen molar-refractivity contribution >= 4 is 27.6 Å². The Labute approximate surface area is 234 Å². The number of ether oxygens (including phenoxy) is 1. The summed E-state index contributed by atoms with van der Waals surface area (Å²) in [5.41, 5.74) is 6.75. The van der Waals surface area contributed by atoms with Gasteiger partial charge in [-0.25, -0.2) is 4.79 Å². The molecule has 1 aliphatic heterocycles.